The first-order valence-corrected chi connectivity index (χ1v) is 13.3. The van der Waals surface area contributed by atoms with E-state index in [4.69, 9.17) is 0 Å². The lowest BCUT2D eigenvalue weighted by Gasteiger charge is -2.32. The van der Waals surface area contributed by atoms with Crippen LogP contribution in [-0.4, -0.2) is 34.6 Å². The summed E-state index contributed by atoms with van der Waals surface area (Å²) in [5, 5.41) is 3.04. The molecule has 0 heterocycles. The molecule has 3 aromatic rings. The number of nitrogens with one attached hydrogen (secondary N) is 1. The van der Waals surface area contributed by atoms with Crippen LogP contribution in [0.3, 0.4) is 0 Å². The Labute approximate surface area is 214 Å². The van der Waals surface area contributed by atoms with Crippen LogP contribution in [0.25, 0.3) is 0 Å². The number of hydrogen-bond donors (Lipinski definition) is 1. The molecular formula is C30H36N2O2S. The predicted octanol–water partition coefficient (Wildman–Crippen LogP) is 5.70. The van der Waals surface area contributed by atoms with E-state index >= 15 is 0 Å². The molecule has 0 aliphatic heterocycles. The number of benzene rings is 3. The lowest BCUT2D eigenvalue weighted by atomic mass is 10.0. The number of thioether (sulfide) groups is 1. The molecule has 3 rings (SSSR count). The van der Waals surface area contributed by atoms with E-state index in [1.54, 1.807) is 16.7 Å². The molecule has 0 aliphatic carbocycles. The van der Waals surface area contributed by atoms with E-state index in [9.17, 15) is 9.59 Å². The Morgan fingerprint density at radius 2 is 1.51 bits per heavy atom. The van der Waals surface area contributed by atoms with Crippen LogP contribution in [0, 0.1) is 13.8 Å². The quantitative estimate of drug-likeness (QED) is 0.377. The largest absolute Gasteiger partial charge is 0.352 e. The molecule has 0 aromatic heterocycles. The fraction of sp³-hybridized carbons (Fsp3) is 0.333. The van der Waals surface area contributed by atoms with Gasteiger partial charge in [0.05, 0.1) is 5.75 Å². The third-order valence-corrected chi connectivity index (χ3v) is 6.89. The van der Waals surface area contributed by atoms with Crippen molar-refractivity contribution in [2.75, 3.05) is 5.75 Å². The lowest BCUT2D eigenvalue weighted by Crippen LogP contribution is -2.52. The Hall–Kier alpha value is -3.05. The minimum absolute atomic E-state index is 0.00692. The zero-order valence-corrected chi connectivity index (χ0v) is 22.0. The van der Waals surface area contributed by atoms with Crippen molar-refractivity contribution >= 4 is 23.6 Å². The molecule has 1 atom stereocenters. The van der Waals surface area contributed by atoms with Crippen LogP contribution in [0.1, 0.15) is 41.7 Å². The molecule has 0 bridgehead atoms. The molecular weight excluding hydrogens is 452 g/mol. The SMILES string of the molecule is Cc1ccc(CN(C(=O)CSCc2ccccc2C)[C@@H](Cc2ccccc2)C(=O)NC(C)C)cc1. The van der Waals surface area contributed by atoms with Gasteiger partial charge in [0.1, 0.15) is 6.04 Å². The van der Waals surface area contributed by atoms with Gasteiger partial charge in [-0.15, -0.1) is 11.8 Å². The molecule has 0 unspecified atom stereocenters. The van der Waals surface area contributed by atoms with Crippen LogP contribution in [0.4, 0.5) is 0 Å². The summed E-state index contributed by atoms with van der Waals surface area (Å²) in [4.78, 5) is 28.8. The lowest BCUT2D eigenvalue weighted by molar-refractivity contribution is -0.139. The van der Waals surface area contributed by atoms with Crippen molar-refractivity contribution in [2.45, 2.75) is 58.5 Å². The molecule has 0 radical (unpaired) electrons. The molecule has 3 aromatic carbocycles. The Bertz CT molecular complexity index is 1100. The summed E-state index contributed by atoms with van der Waals surface area (Å²) in [7, 11) is 0. The van der Waals surface area contributed by atoms with Gasteiger partial charge >= 0.3 is 0 Å². The highest BCUT2D eigenvalue weighted by Gasteiger charge is 2.30. The van der Waals surface area contributed by atoms with E-state index in [0.717, 1.165) is 16.9 Å². The molecule has 0 spiro atoms. The maximum Gasteiger partial charge on any atom is 0.243 e. The summed E-state index contributed by atoms with van der Waals surface area (Å²) in [5.41, 5.74) is 5.67. The van der Waals surface area contributed by atoms with Gasteiger partial charge in [0.25, 0.3) is 0 Å². The second-order valence-corrected chi connectivity index (χ2v) is 10.3. The molecule has 2 amide bonds. The van der Waals surface area contributed by atoms with Gasteiger partial charge in [-0.2, -0.15) is 0 Å². The molecule has 0 saturated heterocycles. The van der Waals surface area contributed by atoms with Gasteiger partial charge < -0.3 is 10.2 Å². The third-order valence-electron chi connectivity index (χ3n) is 5.92. The molecule has 4 nitrogen and oxygen atoms in total. The van der Waals surface area contributed by atoms with Crippen molar-refractivity contribution in [1.29, 1.82) is 0 Å². The first-order chi connectivity index (χ1) is 16.8. The minimum atomic E-state index is -0.590. The topological polar surface area (TPSA) is 49.4 Å². The highest BCUT2D eigenvalue weighted by atomic mass is 32.2. The van der Waals surface area contributed by atoms with Gasteiger partial charge in [-0.05, 0) is 49.9 Å². The van der Waals surface area contributed by atoms with Crippen molar-refractivity contribution in [3.05, 3.63) is 107 Å². The molecule has 0 saturated carbocycles. The van der Waals surface area contributed by atoms with Crippen molar-refractivity contribution in [3.63, 3.8) is 0 Å². The van der Waals surface area contributed by atoms with E-state index in [2.05, 4.69) is 24.4 Å². The number of carbonyl (C=O) groups is 2. The summed E-state index contributed by atoms with van der Waals surface area (Å²) >= 11 is 1.60. The normalized spacial score (nSPS) is 11.8. The number of carbonyl (C=O) groups excluding carboxylic acids is 2. The van der Waals surface area contributed by atoms with Gasteiger partial charge in [0.2, 0.25) is 11.8 Å². The zero-order chi connectivity index (χ0) is 25.2. The van der Waals surface area contributed by atoms with Gasteiger partial charge in [-0.3, -0.25) is 9.59 Å². The number of rotatable bonds is 11. The van der Waals surface area contributed by atoms with E-state index in [-0.39, 0.29) is 17.9 Å². The van der Waals surface area contributed by atoms with Gasteiger partial charge in [0, 0.05) is 24.8 Å². The zero-order valence-electron chi connectivity index (χ0n) is 21.2. The van der Waals surface area contributed by atoms with Crippen molar-refractivity contribution < 1.29 is 9.59 Å². The van der Waals surface area contributed by atoms with E-state index < -0.39 is 6.04 Å². The summed E-state index contributed by atoms with van der Waals surface area (Å²) < 4.78 is 0. The van der Waals surface area contributed by atoms with Gasteiger partial charge in [-0.25, -0.2) is 0 Å². The van der Waals surface area contributed by atoms with Gasteiger partial charge in [-0.1, -0.05) is 84.4 Å². The standard InChI is InChI=1S/C30H36N2O2S/c1-22(2)31-30(34)28(18-25-11-6-5-7-12-25)32(19-26-16-14-23(3)15-17-26)29(33)21-35-20-27-13-9-8-10-24(27)4/h5-17,22,28H,18-21H2,1-4H3,(H,31,34)/t28-/m0/s1. The van der Waals surface area contributed by atoms with Crippen LogP contribution in [0.5, 0.6) is 0 Å². The summed E-state index contributed by atoms with van der Waals surface area (Å²) in [6.07, 6.45) is 0.472. The summed E-state index contributed by atoms with van der Waals surface area (Å²) in [6.45, 7) is 8.42. The Morgan fingerprint density at radius 1 is 0.857 bits per heavy atom. The number of aryl methyl sites for hydroxylation is 2. The molecule has 5 heteroatoms. The molecule has 0 fully saturated rings. The smallest absolute Gasteiger partial charge is 0.243 e. The van der Waals surface area contributed by atoms with E-state index in [1.165, 1.54) is 16.7 Å². The second-order valence-electron chi connectivity index (χ2n) is 9.30. The third kappa shape index (κ3) is 8.29. The van der Waals surface area contributed by atoms with Crippen LogP contribution < -0.4 is 5.32 Å². The van der Waals surface area contributed by atoms with Crippen LogP contribution in [0.15, 0.2) is 78.9 Å². The minimum Gasteiger partial charge on any atom is -0.352 e. The van der Waals surface area contributed by atoms with E-state index in [1.807, 2.05) is 87.5 Å². The molecule has 35 heavy (non-hydrogen) atoms. The summed E-state index contributed by atoms with van der Waals surface area (Å²) in [5.74, 6) is 0.941. The average molecular weight is 489 g/mol. The maximum atomic E-state index is 13.6. The predicted molar refractivity (Wildman–Crippen MR) is 146 cm³/mol. The molecule has 184 valence electrons. The Morgan fingerprint density at radius 3 is 2.17 bits per heavy atom. The monoisotopic (exact) mass is 488 g/mol. The number of amides is 2. The molecule has 0 aliphatic rings. The maximum absolute atomic E-state index is 13.6. The van der Waals surface area contributed by atoms with Crippen molar-refractivity contribution in [1.82, 2.24) is 10.2 Å². The highest BCUT2D eigenvalue weighted by Crippen LogP contribution is 2.20. The van der Waals surface area contributed by atoms with E-state index in [0.29, 0.717) is 18.7 Å². The number of nitrogens with zero attached hydrogens (tertiary/aromatic N) is 1. The van der Waals surface area contributed by atoms with Crippen molar-refractivity contribution in [3.8, 4) is 0 Å². The van der Waals surface area contributed by atoms with Crippen LogP contribution >= 0.6 is 11.8 Å². The number of hydrogen-bond acceptors (Lipinski definition) is 3. The van der Waals surface area contributed by atoms with Crippen LogP contribution in [-0.2, 0) is 28.3 Å². The van der Waals surface area contributed by atoms with Crippen LogP contribution in [0.2, 0.25) is 0 Å². The average Bonchev–Trinajstić information content (AvgIpc) is 2.84. The Kier molecular flexibility index (Phi) is 9.98. The fourth-order valence-electron chi connectivity index (χ4n) is 3.93. The highest BCUT2D eigenvalue weighted by molar-refractivity contribution is 7.99. The fourth-order valence-corrected chi connectivity index (χ4v) is 4.91. The first-order valence-electron chi connectivity index (χ1n) is 12.1. The van der Waals surface area contributed by atoms with Gasteiger partial charge in [0.15, 0.2) is 0 Å². The first kappa shape index (κ1) is 26.6. The van der Waals surface area contributed by atoms with Crippen molar-refractivity contribution in [2.24, 2.45) is 0 Å². The Balaban J connectivity index is 1.84. The molecule has 1 N–H and O–H groups in total. The summed E-state index contributed by atoms with van der Waals surface area (Å²) in [6, 6.07) is 25.7. The second kappa shape index (κ2) is 13.1.